The Kier molecular flexibility index (Phi) is 5.67. The van der Waals surface area contributed by atoms with Crippen LogP contribution in [0.1, 0.15) is 5.56 Å². The van der Waals surface area contributed by atoms with Gasteiger partial charge in [-0.25, -0.2) is 0 Å². The fourth-order valence-electron chi connectivity index (χ4n) is 2.13. The maximum Gasteiger partial charge on any atom is 0.195 e. The van der Waals surface area contributed by atoms with Gasteiger partial charge in [-0.1, -0.05) is 30.0 Å². The number of aliphatic hydroxyl groups is 1. The molecule has 7 heteroatoms. The van der Waals surface area contributed by atoms with Gasteiger partial charge in [0.2, 0.25) is 0 Å². The summed E-state index contributed by atoms with van der Waals surface area (Å²) in [6, 6.07) is 18.6. The average Bonchev–Trinajstić information content (AvgIpc) is 3.14. The van der Waals surface area contributed by atoms with Gasteiger partial charge in [0.15, 0.2) is 5.16 Å². The Morgan fingerprint density at radius 1 is 1.16 bits per heavy atom. The zero-order chi connectivity index (χ0) is 17.5. The lowest BCUT2D eigenvalue weighted by molar-refractivity contribution is 0.126. The summed E-state index contributed by atoms with van der Waals surface area (Å²) in [5.74, 6) is 1.05. The second-order valence-electron chi connectivity index (χ2n) is 5.23. The van der Waals surface area contributed by atoms with Crippen LogP contribution in [0.2, 0.25) is 0 Å². The van der Waals surface area contributed by atoms with Crippen molar-refractivity contribution < 1.29 is 9.84 Å². The number of rotatable bonds is 7. The zero-order valence-electron chi connectivity index (χ0n) is 13.3. The van der Waals surface area contributed by atoms with Gasteiger partial charge < -0.3 is 9.84 Å². The highest BCUT2D eigenvalue weighted by atomic mass is 32.2. The van der Waals surface area contributed by atoms with Crippen LogP contribution in [0.15, 0.2) is 66.1 Å². The first-order valence-corrected chi connectivity index (χ1v) is 8.64. The fourth-order valence-corrected chi connectivity index (χ4v) is 2.96. The third-order valence-corrected chi connectivity index (χ3v) is 4.47. The summed E-state index contributed by atoms with van der Waals surface area (Å²) in [5.41, 5.74) is 1.54. The molecular formula is C18H16N4O2S. The monoisotopic (exact) mass is 352 g/mol. The maximum absolute atomic E-state index is 10.1. The van der Waals surface area contributed by atoms with Crippen molar-refractivity contribution in [1.29, 1.82) is 5.26 Å². The van der Waals surface area contributed by atoms with E-state index in [1.54, 1.807) is 30.6 Å². The van der Waals surface area contributed by atoms with Gasteiger partial charge in [0.1, 0.15) is 18.7 Å². The number of nitriles is 1. The molecule has 2 aromatic carbocycles. The second-order valence-corrected chi connectivity index (χ2v) is 6.22. The lowest BCUT2D eigenvalue weighted by atomic mass is 10.2. The summed E-state index contributed by atoms with van der Waals surface area (Å²) >= 11 is 1.41. The predicted octanol–water partition coefficient (Wildman–Crippen LogP) is 2.67. The molecule has 0 bridgehead atoms. The molecule has 1 N–H and O–H groups in total. The number of hydrogen-bond donors (Lipinski definition) is 1. The van der Waals surface area contributed by atoms with Crippen molar-refractivity contribution in [1.82, 2.24) is 14.8 Å². The number of ether oxygens (including phenoxy) is 1. The first-order chi connectivity index (χ1) is 12.3. The number of para-hydroxylation sites is 1. The molecule has 3 rings (SSSR count). The lowest BCUT2D eigenvalue weighted by Crippen LogP contribution is -2.20. The van der Waals surface area contributed by atoms with Crippen molar-refractivity contribution in [3.8, 4) is 17.5 Å². The van der Waals surface area contributed by atoms with Crippen molar-refractivity contribution in [3.63, 3.8) is 0 Å². The van der Waals surface area contributed by atoms with Gasteiger partial charge in [-0.15, -0.1) is 10.2 Å². The predicted molar refractivity (Wildman–Crippen MR) is 94.7 cm³/mol. The molecule has 1 unspecified atom stereocenters. The number of aromatic nitrogens is 3. The van der Waals surface area contributed by atoms with Gasteiger partial charge >= 0.3 is 0 Å². The van der Waals surface area contributed by atoms with E-state index in [0.29, 0.717) is 22.2 Å². The summed E-state index contributed by atoms with van der Waals surface area (Å²) < 4.78 is 7.41. The Morgan fingerprint density at radius 2 is 1.92 bits per heavy atom. The highest BCUT2D eigenvalue weighted by Crippen LogP contribution is 2.20. The molecule has 0 aliphatic heterocycles. The first-order valence-electron chi connectivity index (χ1n) is 7.65. The van der Waals surface area contributed by atoms with E-state index in [1.807, 2.05) is 34.9 Å². The molecular weight excluding hydrogens is 336 g/mol. The van der Waals surface area contributed by atoms with Crippen LogP contribution in [0.25, 0.3) is 5.69 Å². The van der Waals surface area contributed by atoms with Crippen LogP contribution in [0.5, 0.6) is 5.75 Å². The van der Waals surface area contributed by atoms with E-state index in [0.717, 1.165) is 5.69 Å². The molecule has 0 radical (unpaired) electrons. The van der Waals surface area contributed by atoms with E-state index in [1.165, 1.54) is 11.8 Å². The third-order valence-electron chi connectivity index (χ3n) is 3.38. The van der Waals surface area contributed by atoms with Gasteiger partial charge in [0.05, 0.1) is 17.7 Å². The molecule has 0 aliphatic carbocycles. The summed E-state index contributed by atoms with van der Waals surface area (Å²) in [6.07, 6.45) is 0.999. The molecule has 0 amide bonds. The SMILES string of the molecule is N#Cc1ccc(OCC(O)CSc2nncn2-c2ccccc2)cc1. The number of nitrogens with zero attached hydrogens (tertiary/aromatic N) is 4. The number of thioether (sulfide) groups is 1. The van der Waals surface area contributed by atoms with Crippen LogP contribution in [0.3, 0.4) is 0 Å². The van der Waals surface area contributed by atoms with Crippen LogP contribution in [-0.2, 0) is 0 Å². The number of aliphatic hydroxyl groups excluding tert-OH is 1. The van der Waals surface area contributed by atoms with Crippen molar-refractivity contribution in [3.05, 3.63) is 66.5 Å². The summed E-state index contributed by atoms with van der Waals surface area (Å²) in [5, 5.41) is 27.6. The zero-order valence-corrected chi connectivity index (χ0v) is 14.1. The largest absolute Gasteiger partial charge is 0.491 e. The summed E-state index contributed by atoms with van der Waals surface area (Å²) in [4.78, 5) is 0. The minimum Gasteiger partial charge on any atom is -0.491 e. The van der Waals surface area contributed by atoms with Crippen molar-refractivity contribution in [2.24, 2.45) is 0 Å². The lowest BCUT2D eigenvalue weighted by Gasteiger charge is -2.12. The topological polar surface area (TPSA) is 84.0 Å². The summed E-state index contributed by atoms with van der Waals surface area (Å²) in [7, 11) is 0. The molecule has 126 valence electrons. The van der Waals surface area contributed by atoms with E-state index in [9.17, 15) is 5.11 Å². The fraction of sp³-hybridized carbons (Fsp3) is 0.167. The van der Waals surface area contributed by atoms with E-state index in [4.69, 9.17) is 10.00 Å². The number of benzene rings is 2. The average molecular weight is 352 g/mol. The van der Waals surface area contributed by atoms with Crippen LogP contribution in [-0.4, -0.2) is 38.3 Å². The van der Waals surface area contributed by atoms with E-state index in [2.05, 4.69) is 16.3 Å². The molecule has 0 fully saturated rings. The quantitative estimate of drug-likeness (QED) is 0.658. The van der Waals surface area contributed by atoms with Crippen molar-refractivity contribution in [2.75, 3.05) is 12.4 Å². The van der Waals surface area contributed by atoms with E-state index < -0.39 is 6.10 Å². The smallest absolute Gasteiger partial charge is 0.195 e. The first kappa shape index (κ1) is 17.0. The Labute approximate surface area is 149 Å². The molecule has 0 spiro atoms. The van der Waals surface area contributed by atoms with Gasteiger partial charge in [-0.2, -0.15) is 5.26 Å². The van der Waals surface area contributed by atoms with Crippen LogP contribution < -0.4 is 4.74 Å². The number of hydrogen-bond acceptors (Lipinski definition) is 6. The van der Waals surface area contributed by atoms with Gasteiger partial charge in [-0.3, -0.25) is 4.57 Å². The van der Waals surface area contributed by atoms with Crippen LogP contribution in [0, 0.1) is 11.3 Å². The third kappa shape index (κ3) is 4.59. The molecule has 6 nitrogen and oxygen atoms in total. The Balaban J connectivity index is 1.52. The molecule has 1 aromatic heterocycles. The van der Waals surface area contributed by atoms with Crippen LogP contribution in [0.4, 0.5) is 0 Å². The molecule has 1 heterocycles. The minimum atomic E-state index is -0.651. The molecule has 0 saturated carbocycles. The van der Waals surface area contributed by atoms with Gasteiger partial charge in [0.25, 0.3) is 0 Å². The molecule has 0 aliphatic rings. The standard InChI is InChI=1S/C18H16N4O2S/c19-10-14-6-8-17(9-7-14)24-11-16(23)12-25-18-21-20-13-22(18)15-4-2-1-3-5-15/h1-9,13,16,23H,11-12H2. The molecule has 3 aromatic rings. The van der Waals surface area contributed by atoms with Gasteiger partial charge in [0, 0.05) is 11.4 Å². The maximum atomic E-state index is 10.1. The Morgan fingerprint density at radius 3 is 2.64 bits per heavy atom. The molecule has 1 atom stereocenters. The Bertz CT molecular complexity index is 844. The highest BCUT2D eigenvalue weighted by molar-refractivity contribution is 7.99. The highest BCUT2D eigenvalue weighted by Gasteiger charge is 2.11. The summed E-state index contributed by atoms with van der Waals surface area (Å²) in [6.45, 7) is 0.165. The van der Waals surface area contributed by atoms with E-state index in [-0.39, 0.29) is 6.61 Å². The Hall–Kier alpha value is -2.82. The van der Waals surface area contributed by atoms with Gasteiger partial charge in [-0.05, 0) is 36.4 Å². The molecule has 25 heavy (non-hydrogen) atoms. The van der Waals surface area contributed by atoms with Crippen molar-refractivity contribution in [2.45, 2.75) is 11.3 Å². The molecule has 0 saturated heterocycles. The van der Waals surface area contributed by atoms with Crippen molar-refractivity contribution >= 4 is 11.8 Å². The van der Waals surface area contributed by atoms with E-state index >= 15 is 0 Å². The van der Waals surface area contributed by atoms with Crippen LogP contribution >= 0.6 is 11.8 Å². The minimum absolute atomic E-state index is 0.165. The second kappa shape index (κ2) is 8.33. The normalized spacial score (nSPS) is 11.7.